The first-order valence-corrected chi connectivity index (χ1v) is 11.1. The second-order valence-electron chi connectivity index (χ2n) is 7.22. The monoisotopic (exact) mass is 456 g/mol. The van der Waals surface area contributed by atoms with Gasteiger partial charge in [0.2, 0.25) is 5.91 Å². The van der Waals surface area contributed by atoms with Gasteiger partial charge in [0.25, 0.3) is 5.56 Å². The summed E-state index contributed by atoms with van der Waals surface area (Å²) in [6, 6.07) is 22.0. The van der Waals surface area contributed by atoms with Crippen molar-refractivity contribution in [2.75, 3.05) is 11.1 Å². The lowest BCUT2D eigenvalue weighted by atomic mass is 10.2. The van der Waals surface area contributed by atoms with Crippen LogP contribution in [0, 0.1) is 5.82 Å². The zero-order valence-electron chi connectivity index (χ0n) is 17.2. The van der Waals surface area contributed by atoms with Crippen LogP contribution in [0.3, 0.4) is 0 Å². The average Bonchev–Trinajstić information content (AvgIpc) is 2.84. The Morgan fingerprint density at radius 1 is 0.909 bits per heavy atom. The Bertz CT molecular complexity index is 1560. The summed E-state index contributed by atoms with van der Waals surface area (Å²) in [6.07, 6.45) is 1.69. The van der Waals surface area contributed by atoms with Crippen molar-refractivity contribution in [1.29, 1.82) is 0 Å². The summed E-state index contributed by atoms with van der Waals surface area (Å²) in [5.41, 5.74) is 1.59. The third-order valence-electron chi connectivity index (χ3n) is 5.09. The van der Waals surface area contributed by atoms with Crippen LogP contribution in [0.25, 0.3) is 27.5 Å². The maximum Gasteiger partial charge on any atom is 0.266 e. The predicted molar refractivity (Wildman–Crippen MR) is 128 cm³/mol. The molecule has 8 heteroatoms. The number of benzene rings is 3. The van der Waals surface area contributed by atoms with E-state index in [1.165, 1.54) is 16.7 Å². The van der Waals surface area contributed by atoms with Crippen molar-refractivity contribution in [2.45, 2.75) is 5.16 Å². The Kier molecular flexibility index (Phi) is 5.58. The first kappa shape index (κ1) is 20.8. The maximum atomic E-state index is 14.6. The van der Waals surface area contributed by atoms with Gasteiger partial charge in [-0.25, -0.2) is 9.37 Å². The standard InChI is InChI=1S/C25H17FN4O2S/c26-18-9-2-4-13-22(18)30-24(32)17-7-1-3-10-21(17)29-25(30)33-15-23(31)28-20-12-5-11-19-16(20)8-6-14-27-19/h1-14H,15H2,(H,28,31). The number of rotatable bonds is 5. The summed E-state index contributed by atoms with van der Waals surface area (Å²) in [7, 11) is 0. The van der Waals surface area contributed by atoms with Crippen molar-refractivity contribution in [3.8, 4) is 5.69 Å². The molecule has 33 heavy (non-hydrogen) atoms. The van der Waals surface area contributed by atoms with E-state index in [1.54, 1.807) is 54.7 Å². The normalized spacial score (nSPS) is 11.1. The molecule has 0 saturated carbocycles. The molecule has 0 atom stereocenters. The minimum Gasteiger partial charge on any atom is -0.325 e. The Balaban J connectivity index is 1.48. The molecule has 0 aliphatic heterocycles. The van der Waals surface area contributed by atoms with Crippen LogP contribution in [-0.4, -0.2) is 26.2 Å². The van der Waals surface area contributed by atoms with Gasteiger partial charge in [-0.15, -0.1) is 0 Å². The van der Waals surface area contributed by atoms with E-state index in [0.29, 0.717) is 16.6 Å². The summed E-state index contributed by atoms with van der Waals surface area (Å²) >= 11 is 1.07. The summed E-state index contributed by atoms with van der Waals surface area (Å²) < 4.78 is 15.8. The Hall–Kier alpha value is -4.04. The number of thioether (sulfide) groups is 1. The fourth-order valence-corrected chi connectivity index (χ4v) is 4.39. The fraction of sp³-hybridized carbons (Fsp3) is 0.0400. The number of hydrogen-bond donors (Lipinski definition) is 1. The number of pyridine rings is 1. The molecule has 162 valence electrons. The van der Waals surface area contributed by atoms with Crippen LogP contribution in [0.15, 0.2) is 95.0 Å². The molecule has 0 spiro atoms. The summed E-state index contributed by atoms with van der Waals surface area (Å²) in [5.74, 6) is -0.847. The number of nitrogens with one attached hydrogen (secondary N) is 1. The minimum absolute atomic E-state index is 0.0180. The van der Waals surface area contributed by atoms with Crippen molar-refractivity contribution in [1.82, 2.24) is 14.5 Å². The number of carbonyl (C=O) groups is 1. The Morgan fingerprint density at radius 3 is 2.55 bits per heavy atom. The number of nitrogens with zero attached hydrogens (tertiary/aromatic N) is 3. The van der Waals surface area contributed by atoms with Gasteiger partial charge in [0.1, 0.15) is 5.82 Å². The van der Waals surface area contributed by atoms with Crippen LogP contribution in [0.5, 0.6) is 0 Å². The third kappa shape index (κ3) is 4.08. The molecule has 2 heterocycles. The van der Waals surface area contributed by atoms with E-state index in [-0.39, 0.29) is 22.5 Å². The second kappa shape index (κ2) is 8.84. The SMILES string of the molecule is O=C(CSc1nc2ccccc2c(=O)n1-c1ccccc1F)Nc1cccc2ncccc12. The summed E-state index contributed by atoms with van der Waals surface area (Å²) in [4.78, 5) is 34.8. The van der Waals surface area contributed by atoms with E-state index in [4.69, 9.17) is 0 Å². The van der Waals surface area contributed by atoms with E-state index in [0.717, 1.165) is 22.7 Å². The van der Waals surface area contributed by atoms with E-state index in [2.05, 4.69) is 15.3 Å². The highest BCUT2D eigenvalue weighted by Crippen LogP contribution is 2.25. The van der Waals surface area contributed by atoms with E-state index >= 15 is 0 Å². The van der Waals surface area contributed by atoms with Gasteiger partial charge in [0.05, 0.1) is 33.5 Å². The molecule has 0 bridgehead atoms. The number of amides is 1. The number of para-hydroxylation sites is 2. The van der Waals surface area contributed by atoms with Crippen LogP contribution in [0.2, 0.25) is 0 Å². The van der Waals surface area contributed by atoms with Gasteiger partial charge in [-0.2, -0.15) is 0 Å². The number of aromatic nitrogens is 3. The van der Waals surface area contributed by atoms with Crippen molar-refractivity contribution >= 4 is 45.2 Å². The molecule has 2 aromatic heterocycles. The molecule has 0 unspecified atom stereocenters. The molecule has 1 N–H and O–H groups in total. The zero-order valence-corrected chi connectivity index (χ0v) is 18.1. The van der Waals surface area contributed by atoms with Crippen molar-refractivity contribution in [2.24, 2.45) is 0 Å². The maximum absolute atomic E-state index is 14.6. The van der Waals surface area contributed by atoms with Crippen molar-refractivity contribution in [3.63, 3.8) is 0 Å². The van der Waals surface area contributed by atoms with Gasteiger partial charge in [0.15, 0.2) is 5.16 Å². The van der Waals surface area contributed by atoms with Gasteiger partial charge in [0, 0.05) is 11.6 Å². The molecule has 0 aliphatic rings. The van der Waals surface area contributed by atoms with Crippen LogP contribution in [-0.2, 0) is 4.79 Å². The molecule has 0 aliphatic carbocycles. The minimum atomic E-state index is -0.550. The molecular weight excluding hydrogens is 439 g/mol. The van der Waals surface area contributed by atoms with Crippen molar-refractivity contribution in [3.05, 3.63) is 101 Å². The van der Waals surface area contributed by atoms with Gasteiger partial charge >= 0.3 is 0 Å². The quantitative estimate of drug-likeness (QED) is 0.304. The fourth-order valence-electron chi connectivity index (χ4n) is 3.58. The number of anilines is 1. The number of carbonyl (C=O) groups excluding carboxylic acids is 1. The highest BCUT2D eigenvalue weighted by molar-refractivity contribution is 7.99. The lowest BCUT2D eigenvalue weighted by Gasteiger charge is -2.14. The molecule has 5 aromatic rings. The Morgan fingerprint density at radius 2 is 1.67 bits per heavy atom. The number of halogens is 1. The zero-order chi connectivity index (χ0) is 22.8. The Labute approximate surface area is 192 Å². The first-order valence-electron chi connectivity index (χ1n) is 10.1. The highest BCUT2D eigenvalue weighted by Gasteiger charge is 2.17. The summed E-state index contributed by atoms with van der Waals surface area (Å²) in [6.45, 7) is 0. The van der Waals surface area contributed by atoms with E-state index < -0.39 is 11.4 Å². The summed E-state index contributed by atoms with van der Waals surface area (Å²) in [5, 5.41) is 4.32. The van der Waals surface area contributed by atoms with Crippen LogP contribution >= 0.6 is 11.8 Å². The van der Waals surface area contributed by atoms with Crippen molar-refractivity contribution < 1.29 is 9.18 Å². The average molecular weight is 457 g/mol. The molecule has 0 fully saturated rings. The second-order valence-corrected chi connectivity index (χ2v) is 8.16. The van der Waals surface area contributed by atoms with Gasteiger partial charge in [-0.1, -0.05) is 42.1 Å². The lowest BCUT2D eigenvalue weighted by molar-refractivity contribution is -0.113. The number of hydrogen-bond acceptors (Lipinski definition) is 5. The van der Waals surface area contributed by atoms with Crippen LogP contribution < -0.4 is 10.9 Å². The van der Waals surface area contributed by atoms with E-state index in [9.17, 15) is 14.0 Å². The smallest absolute Gasteiger partial charge is 0.266 e. The molecule has 0 saturated heterocycles. The first-order chi connectivity index (χ1) is 16.1. The largest absolute Gasteiger partial charge is 0.325 e. The predicted octanol–water partition coefficient (Wildman–Crippen LogP) is 4.80. The van der Waals surface area contributed by atoms with Gasteiger partial charge < -0.3 is 5.32 Å². The van der Waals surface area contributed by atoms with Crippen LogP contribution in [0.4, 0.5) is 10.1 Å². The molecule has 3 aromatic carbocycles. The molecule has 5 rings (SSSR count). The topological polar surface area (TPSA) is 76.9 Å². The highest BCUT2D eigenvalue weighted by atomic mass is 32.2. The van der Waals surface area contributed by atoms with Gasteiger partial charge in [-0.05, 0) is 48.5 Å². The molecule has 6 nitrogen and oxygen atoms in total. The third-order valence-corrected chi connectivity index (χ3v) is 6.03. The lowest BCUT2D eigenvalue weighted by Crippen LogP contribution is -2.23. The van der Waals surface area contributed by atoms with Gasteiger partial charge in [-0.3, -0.25) is 19.1 Å². The molecule has 0 radical (unpaired) electrons. The number of fused-ring (bicyclic) bond motifs is 2. The molecular formula is C25H17FN4O2S. The molecule has 1 amide bonds. The van der Waals surface area contributed by atoms with E-state index in [1.807, 2.05) is 18.2 Å². The van der Waals surface area contributed by atoms with Crippen LogP contribution in [0.1, 0.15) is 0 Å².